The third-order valence-corrected chi connectivity index (χ3v) is 2.83. The summed E-state index contributed by atoms with van der Waals surface area (Å²) in [5.41, 5.74) is 7.61. The minimum Gasteiger partial charge on any atom is -0.406 e. The molecule has 0 aliphatic heterocycles. The first-order valence-corrected chi connectivity index (χ1v) is 6.59. The molecule has 118 valence electrons. The Kier molecular flexibility index (Phi) is 4.81. The van der Waals surface area contributed by atoms with Crippen LogP contribution >= 0.6 is 0 Å². The Morgan fingerprint density at radius 3 is 2.73 bits per heavy atom. The van der Waals surface area contributed by atoms with Gasteiger partial charge in [0, 0.05) is 30.1 Å². The number of hydrogen-bond acceptors (Lipinski definition) is 5. The van der Waals surface area contributed by atoms with Gasteiger partial charge in [-0.1, -0.05) is 13.0 Å². The molecule has 0 radical (unpaired) electrons. The predicted octanol–water partition coefficient (Wildman–Crippen LogP) is 3.14. The first-order chi connectivity index (χ1) is 10.4. The Morgan fingerprint density at radius 1 is 1.32 bits per heavy atom. The van der Waals surface area contributed by atoms with Gasteiger partial charge in [0.2, 0.25) is 5.95 Å². The number of aromatic nitrogens is 2. The zero-order chi connectivity index (χ0) is 16.2. The van der Waals surface area contributed by atoms with Gasteiger partial charge in [0.05, 0.1) is 5.69 Å². The topological polar surface area (TPSA) is 73.1 Å². The zero-order valence-corrected chi connectivity index (χ0v) is 11.8. The Morgan fingerprint density at radius 2 is 2.09 bits per heavy atom. The molecule has 0 bridgehead atoms. The molecule has 0 unspecified atom stereocenters. The van der Waals surface area contributed by atoms with Gasteiger partial charge in [-0.3, -0.25) is 0 Å². The van der Waals surface area contributed by atoms with Crippen molar-refractivity contribution in [2.45, 2.75) is 26.3 Å². The van der Waals surface area contributed by atoms with E-state index >= 15 is 0 Å². The summed E-state index contributed by atoms with van der Waals surface area (Å²) in [6.07, 6.45) is -2.45. The molecule has 3 N–H and O–H groups in total. The third-order valence-electron chi connectivity index (χ3n) is 2.83. The van der Waals surface area contributed by atoms with Gasteiger partial charge in [0.15, 0.2) is 0 Å². The summed E-state index contributed by atoms with van der Waals surface area (Å²) in [6, 6.07) is 5.47. The standard InChI is InChI=1S/C14H15F3N4O/c1-2-12-9(7-18)8-19-13(21-12)20-10-4-3-5-11(6-10)22-14(15,16)17/h3-6,8H,2,7,18H2,1H3,(H,19,20,21). The highest BCUT2D eigenvalue weighted by Gasteiger charge is 2.31. The number of ether oxygens (including phenoxy) is 1. The first kappa shape index (κ1) is 16.0. The van der Waals surface area contributed by atoms with Gasteiger partial charge in [-0.25, -0.2) is 9.97 Å². The van der Waals surface area contributed by atoms with Gasteiger partial charge < -0.3 is 15.8 Å². The maximum Gasteiger partial charge on any atom is 0.573 e. The number of benzene rings is 1. The number of nitrogens with one attached hydrogen (secondary N) is 1. The molecule has 2 aromatic rings. The SMILES string of the molecule is CCc1nc(Nc2cccc(OC(F)(F)F)c2)ncc1CN. The van der Waals surface area contributed by atoms with Crippen molar-refractivity contribution in [3.05, 3.63) is 41.7 Å². The molecular weight excluding hydrogens is 297 g/mol. The van der Waals surface area contributed by atoms with Crippen LogP contribution in [-0.4, -0.2) is 16.3 Å². The second-order valence-electron chi connectivity index (χ2n) is 4.42. The fourth-order valence-electron chi connectivity index (χ4n) is 1.88. The summed E-state index contributed by atoms with van der Waals surface area (Å²) in [4.78, 5) is 8.39. The average Bonchev–Trinajstić information content (AvgIpc) is 2.45. The summed E-state index contributed by atoms with van der Waals surface area (Å²) in [7, 11) is 0. The second-order valence-corrected chi connectivity index (χ2v) is 4.42. The van der Waals surface area contributed by atoms with Gasteiger partial charge in [-0.2, -0.15) is 0 Å². The van der Waals surface area contributed by atoms with E-state index in [4.69, 9.17) is 5.73 Å². The van der Waals surface area contributed by atoms with Gasteiger partial charge in [-0.05, 0) is 18.6 Å². The Labute approximate surface area is 125 Å². The van der Waals surface area contributed by atoms with E-state index in [0.29, 0.717) is 24.6 Å². The normalized spacial score (nSPS) is 11.3. The van der Waals surface area contributed by atoms with Crippen molar-refractivity contribution in [2.24, 2.45) is 5.73 Å². The monoisotopic (exact) mass is 312 g/mol. The summed E-state index contributed by atoms with van der Waals surface area (Å²) >= 11 is 0. The number of nitrogens with zero attached hydrogens (tertiary/aromatic N) is 2. The number of hydrogen-bond donors (Lipinski definition) is 2. The van der Waals surface area contributed by atoms with Crippen molar-refractivity contribution in [3.8, 4) is 5.75 Å². The smallest absolute Gasteiger partial charge is 0.406 e. The summed E-state index contributed by atoms with van der Waals surface area (Å²) in [6.45, 7) is 2.27. The Bertz CT molecular complexity index is 646. The molecule has 0 aliphatic rings. The molecule has 0 spiro atoms. The lowest BCUT2D eigenvalue weighted by Crippen LogP contribution is -2.17. The lowest BCUT2D eigenvalue weighted by molar-refractivity contribution is -0.274. The number of alkyl halides is 3. The molecule has 0 fully saturated rings. The number of anilines is 2. The molecule has 0 aliphatic carbocycles. The van der Waals surface area contributed by atoms with Crippen LogP contribution in [0.15, 0.2) is 30.5 Å². The van der Waals surface area contributed by atoms with Crippen molar-refractivity contribution in [3.63, 3.8) is 0 Å². The number of halogens is 3. The van der Waals surface area contributed by atoms with Crippen molar-refractivity contribution in [2.75, 3.05) is 5.32 Å². The maximum absolute atomic E-state index is 12.2. The van der Waals surface area contributed by atoms with E-state index in [-0.39, 0.29) is 5.75 Å². The van der Waals surface area contributed by atoms with Crippen LogP contribution in [0.2, 0.25) is 0 Å². The Hall–Kier alpha value is -2.35. The fraction of sp³-hybridized carbons (Fsp3) is 0.286. The molecule has 0 amide bonds. The van der Waals surface area contributed by atoms with Crippen molar-refractivity contribution >= 4 is 11.6 Å². The third kappa shape index (κ3) is 4.32. The van der Waals surface area contributed by atoms with Crippen molar-refractivity contribution in [1.82, 2.24) is 9.97 Å². The molecule has 2 rings (SSSR count). The highest BCUT2D eigenvalue weighted by Crippen LogP contribution is 2.26. The highest BCUT2D eigenvalue weighted by molar-refractivity contribution is 5.56. The number of aryl methyl sites for hydroxylation is 1. The van der Waals surface area contributed by atoms with Crippen LogP contribution in [-0.2, 0) is 13.0 Å². The van der Waals surface area contributed by atoms with E-state index < -0.39 is 6.36 Å². The van der Waals surface area contributed by atoms with Crippen LogP contribution in [0.5, 0.6) is 5.75 Å². The van der Waals surface area contributed by atoms with Crippen molar-refractivity contribution < 1.29 is 17.9 Å². The first-order valence-electron chi connectivity index (χ1n) is 6.59. The van der Waals surface area contributed by atoms with E-state index in [2.05, 4.69) is 20.0 Å². The quantitative estimate of drug-likeness (QED) is 0.887. The van der Waals surface area contributed by atoms with Crippen LogP contribution in [0.1, 0.15) is 18.2 Å². The molecule has 22 heavy (non-hydrogen) atoms. The van der Waals surface area contributed by atoms with E-state index in [1.165, 1.54) is 18.2 Å². The van der Waals surface area contributed by atoms with Gasteiger partial charge in [0.1, 0.15) is 5.75 Å². The summed E-state index contributed by atoms with van der Waals surface area (Å²) in [5.74, 6) is -0.0231. The largest absolute Gasteiger partial charge is 0.573 e. The molecule has 5 nitrogen and oxygen atoms in total. The van der Waals surface area contributed by atoms with E-state index in [9.17, 15) is 13.2 Å². The lowest BCUT2D eigenvalue weighted by atomic mass is 10.2. The predicted molar refractivity (Wildman–Crippen MR) is 75.7 cm³/mol. The average molecular weight is 312 g/mol. The highest BCUT2D eigenvalue weighted by atomic mass is 19.4. The minimum atomic E-state index is -4.73. The second kappa shape index (κ2) is 6.61. The van der Waals surface area contributed by atoms with Crippen LogP contribution in [0, 0.1) is 0 Å². The maximum atomic E-state index is 12.2. The molecule has 0 saturated heterocycles. The number of rotatable bonds is 5. The van der Waals surface area contributed by atoms with Gasteiger partial charge in [0.25, 0.3) is 0 Å². The molecule has 0 atom stereocenters. The fourth-order valence-corrected chi connectivity index (χ4v) is 1.88. The summed E-state index contributed by atoms with van der Waals surface area (Å²) in [5, 5.41) is 2.85. The van der Waals surface area contributed by atoms with Crippen LogP contribution in [0.3, 0.4) is 0 Å². The molecular formula is C14H15F3N4O. The van der Waals surface area contributed by atoms with E-state index in [1.54, 1.807) is 12.3 Å². The Balaban J connectivity index is 2.18. The van der Waals surface area contributed by atoms with Crippen LogP contribution in [0.4, 0.5) is 24.8 Å². The van der Waals surface area contributed by atoms with Crippen LogP contribution in [0.25, 0.3) is 0 Å². The molecule has 1 aromatic heterocycles. The van der Waals surface area contributed by atoms with E-state index in [0.717, 1.165) is 11.3 Å². The van der Waals surface area contributed by atoms with Crippen molar-refractivity contribution in [1.29, 1.82) is 0 Å². The molecule has 1 aromatic carbocycles. The van der Waals surface area contributed by atoms with Gasteiger partial charge >= 0.3 is 6.36 Å². The number of nitrogens with two attached hydrogens (primary N) is 1. The van der Waals surface area contributed by atoms with E-state index in [1.807, 2.05) is 6.92 Å². The zero-order valence-electron chi connectivity index (χ0n) is 11.8. The summed E-state index contributed by atoms with van der Waals surface area (Å²) < 4.78 is 40.5. The molecule has 8 heteroatoms. The van der Waals surface area contributed by atoms with Gasteiger partial charge in [-0.15, -0.1) is 13.2 Å². The molecule has 1 heterocycles. The van der Waals surface area contributed by atoms with Crippen LogP contribution < -0.4 is 15.8 Å². The molecule has 0 saturated carbocycles. The lowest BCUT2D eigenvalue weighted by Gasteiger charge is -2.11. The minimum absolute atomic E-state index is 0.290.